The topological polar surface area (TPSA) is 76.8 Å². The lowest BCUT2D eigenvalue weighted by atomic mass is 10.1. The van der Waals surface area contributed by atoms with Gasteiger partial charge < -0.3 is 11.5 Å². The molecule has 0 saturated carbocycles. The van der Waals surface area contributed by atoms with Crippen molar-refractivity contribution in [2.45, 2.75) is 6.17 Å². The van der Waals surface area contributed by atoms with Crippen molar-refractivity contribution in [2.24, 2.45) is 27.4 Å². The van der Waals surface area contributed by atoms with Gasteiger partial charge in [0.15, 0.2) is 0 Å². The van der Waals surface area contributed by atoms with Crippen molar-refractivity contribution in [3.8, 4) is 0 Å². The van der Waals surface area contributed by atoms with Crippen molar-refractivity contribution in [3.05, 3.63) is 12.7 Å². The van der Waals surface area contributed by atoms with E-state index in [1.165, 1.54) is 6.34 Å². The smallest absolute Gasteiger partial charge is 0.113 e. The predicted molar refractivity (Wildman–Crippen MR) is 41.8 cm³/mol. The maximum Gasteiger partial charge on any atom is 0.113 e. The Kier molecular flexibility index (Phi) is 1.82. The molecule has 4 heteroatoms. The molecule has 0 aromatic heterocycles. The monoisotopic (exact) mass is 138 g/mol. The Morgan fingerprint density at radius 3 is 2.80 bits per heavy atom. The molecule has 54 valence electrons. The zero-order valence-electron chi connectivity index (χ0n) is 5.57. The van der Waals surface area contributed by atoms with Crippen LogP contribution >= 0.6 is 0 Å². The van der Waals surface area contributed by atoms with Gasteiger partial charge in [-0.2, -0.15) is 0 Å². The highest BCUT2D eigenvalue weighted by Gasteiger charge is 2.18. The minimum atomic E-state index is -0.310. The maximum atomic E-state index is 5.55. The lowest BCUT2D eigenvalue weighted by Gasteiger charge is -2.18. The Morgan fingerprint density at radius 1 is 1.70 bits per heavy atom. The number of hydrogen-bond acceptors (Lipinski definition) is 4. The van der Waals surface area contributed by atoms with E-state index in [1.54, 1.807) is 6.08 Å². The number of nitrogens with zero attached hydrogens (tertiary/aromatic N) is 2. The van der Waals surface area contributed by atoms with Gasteiger partial charge >= 0.3 is 0 Å². The second kappa shape index (κ2) is 2.62. The lowest BCUT2D eigenvalue weighted by Crippen LogP contribution is -2.39. The van der Waals surface area contributed by atoms with Crippen LogP contribution in [0.5, 0.6) is 0 Å². The van der Waals surface area contributed by atoms with Crippen LogP contribution in [0.3, 0.4) is 0 Å². The standard InChI is InChI=1S/C6H10N4/c1-2-4-5(7)9-3-10-6(4)8/h2-5H,1,7H2,(H2,8,9,10). The highest BCUT2D eigenvalue weighted by Crippen LogP contribution is 2.07. The zero-order valence-corrected chi connectivity index (χ0v) is 5.57. The Balaban J connectivity index is 2.80. The number of nitrogens with two attached hydrogens (primary N) is 2. The molecule has 2 unspecified atom stereocenters. The van der Waals surface area contributed by atoms with Gasteiger partial charge in [0.05, 0.1) is 5.92 Å². The van der Waals surface area contributed by atoms with Gasteiger partial charge in [-0.1, -0.05) is 6.08 Å². The Hall–Kier alpha value is -1.16. The molecule has 4 N–H and O–H groups in total. The Labute approximate surface area is 59.3 Å². The van der Waals surface area contributed by atoms with Crippen molar-refractivity contribution in [1.29, 1.82) is 0 Å². The molecule has 4 nitrogen and oxygen atoms in total. The fraction of sp³-hybridized carbons (Fsp3) is 0.333. The van der Waals surface area contributed by atoms with Crippen LogP contribution in [0.15, 0.2) is 22.6 Å². The average molecular weight is 138 g/mol. The average Bonchev–Trinajstić information content (AvgIpc) is 1.88. The molecule has 1 heterocycles. The van der Waals surface area contributed by atoms with Crippen LogP contribution in [-0.2, 0) is 0 Å². The Morgan fingerprint density at radius 2 is 2.40 bits per heavy atom. The first-order valence-electron chi connectivity index (χ1n) is 2.98. The molecule has 1 aliphatic rings. The molecule has 0 aromatic carbocycles. The first-order valence-corrected chi connectivity index (χ1v) is 2.98. The van der Waals surface area contributed by atoms with Crippen molar-refractivity contribution < 1.29 is 0 Å². The van der Waals surface area contributed by atoms with Gasteiger partial charge in [-0.15, -0.1) is 6.58 Å². The fourth-order valence-corrected chi connectivity index (χ4v) is 0.791. The number of hydrogen-bond donors (Lipinski definition) is 2. The van der Waals surface area contributed by atoms with Gasteiger partial charge in [0.1, 0.15) is 18.3 Å². The second-order valence-electron chi connectivity index (χ2n) is 2.07. The van der Waals surface area contributed by atoms with E-state index >= 15 is 0 Å². The summed E-state index contributed by atoms with van der Waals surface area (Å²) in [7, 11) is 0. The van der Waals surface area contributed by atoms with Crippen molar-refractivity contribution in [2.75, 3.05) is 0 Å². The van der Waals surface area contributed by atoms with E-state index in [1.807, 2.05) is 0 Å². The van der Waals surface area contributed by atoms with Gasteiger partial charge in [-0.05, 0) is 0 Å². The molecular formula is C6H10N4. The van der Waals surface area contributed by atoms with E-state index < -0.39 is 0 Å². The molecule has 0 saturated heterocycles. The van der Waals surface area contributed by atoms with Crippen LogP contribution in [0.1, 0.15) is 0 Å². The fourth-order valence-electron chi connectivity index (χ4n) is 0.791. The summed E-state index contributed by atoms with van der Waals surface area (Å²) in [6.07, 6.45) is 2.72. The van der Waals surface area contributed by atoms with Crippen LogP contribution in [0.2, 0.25) is 0 Å². The molecule has 0 bridgehead atoms. The lowest BCUT2D eigenvalue weighted by molar-refractivity contribution is 0.628. The summed E-state index contributed by atoms with van der Waals surface area (Å²) in [4.78, 5) is 7.63. The molecular weight excluding hydrogens is 128 g/mol. The summed E-state index contributed by atoms with van der Waals surface area (Å²) >= 11 is 0. The SMILES string of the molecule is C=CC1C(N)=NC=NC1N. The molecule has 0 fully saturated rings. The summed E-state index contributed by atoms with van der Waals surface area (Å²) in [5.74, 6) is 0.377. The van der Waals surface area contributed by atoms with Gasteiger partial charge in [-0.3, -0.25) is 4.99 Å². The van der Waals surface area contributed by atoms with Crippen LogP contribution < -0.4 is 11.5 Å². The quantitative estimate of drug-likeness (QED) is 0.478. The van der Waals surface area contributed by atoms with Crippen molar-refractivity contribution in [3.63, 3.8) is 0 Å². The van der Waals surface area contributed by atoms with E-state index in [9.17, 15) is 0 Å². The maximum absolute atomic E-state index is 5.55. The van der Waals surface area contributed by atoms with E-state index in [0.717, 1.165) is 0 Å². The molecule has 0 spiro atoms. The highest BCUT2D eigenvalue weighted by atomic mass is 15.1. The van der Waals surface area contributed by atoms with Gasteiger partial charge in [0.25, 0.3) is 0 Å². The van der Waals surface area contributed by atoms with Crippen LogP contribution in [-0.4, -0.2) is 18.3 Å². The predicted octanol–water partition coefficient (Wildman–Crippen LogP) is -0.528. The van der Waals surface area contributed by atoms with Crippen LogP contribution in [0, 0.1) is 5.92 Å². The summed E-state index contributed by atoms with van der Waals surface area (Å²) < 4.78 is 0. The van der Waals surface area contributed by atoms with Crippen molar-refractivity contribution in [1.82, 2.24) is 0 Å². The van der Waals surface area contributed by atoms with Crippen LogP contribution in [0.4, 0.5) is 0 Å². The third kappa shape index (κ3) is 1.06. The normalized spacial score (nSPS) is 31.5. The number of aliphatic imine (C=N–C) groups is 2. The molecule has 2 atom stereocenters. The van der Waals surface area contributed by atoms with Gasteiger partial charge in [0.2, 0.25) is 0 Å². The van der Waals surface area contributed by atoms with E-state index in [4.69, 9.17) is 11.5 Å². The van der Waals surface area contributed by atoms with E-state index in [0.29, 0.717) is 5.84 Å². The van der Waals surface area contributed by atoms with Crippen LogP contribution in [0.25, 0.3) is 0 Å². The van der Waals surface area contributed by atoms with Crippen molar-refractivity contribution >= 4 is 12.2 Å². The third-order valence-electron chi connectivity index (χ3n) is 1.41. The molecule has 0 amide bonds. The summed E-state index contributed by atoms with van der Waals surface area (Å²) in [6.45, 7) is 3.57. The number of amidine groups is 1. The first-order chi connectivity index (χ1) is 4.75. The summed E-state index contributed by atoms with van der Waals surface area (Å²) in [5, 5.41) is 0. The van der Waals surface area contributed by atoms with Gasteiger partial charge in [0, 0.05) is 0 Å². The first kappa shape index (κ1) is 6.95. The molecule has 1 rings (SSSR count). The summed E-state index contributed by atoms with van der Waals surface area (Å²) in [6, 6.07) is 0. The molecule has 0 radical (unpaired) electrons. The van der Waals surface area contributed by atoms with Gasteiger partial charge in [-0.25, -0.2) is 4.99 Å². The molecule has 10 heavy (non-hydrogen) atoms. The van der Waals surface area contributed by atoms with E-state index in [-0.39, 0.29) is 12.1 Å². The molecule has 1 aliphatic heterocycles. The number of rotatable bonds is 1. The largest absolute Gasteiger partial charge is 0.387 e. The van der Waals surface area contributed by atoms with E-state index in [2.05, 4.69) is 16.6 Å². The minimum Gasteiger partial charge on any atom is -0.387 e. The molecule has 0 aliphatic carbocycles. The third-order valence-corrected chi connectivity index (χ3v) is 1.41. The minimum absolute atomic E-state index is 0.106. The molecule has 0 aromatic rings. The Bertz CT molecular complexity index is 194. The zero-order chi connectivity index (χ0) is 7.56. The highest BCUT2D eigenvalue weighted by molar-refractivity contribution is 5.92. The summed E-state index contributed by atoms with van der Waals surface area (Å²) in [5.41, 5.74) is 11.0. The second-order valence-corrected chi connectivity index (χ2v) is 2.07.